The summed E-state index contributed by atoms with van der Waals surface area (Å²) in [5.41, 5.74) is 2.88. The molecular formula is C18H16NO3-. The molecule has 0 spiro atoms. The molecule has 2 aliphatic carbocycles. The standard InChI is InChI=1S/C18H16NO3/c1-19(22)15-9-7-12-5-3-2-4-6-14(12)18(15)13-8-10-16(20)17(21)11-13/h3,5,7-11,15,18,20-21H,6H2,1H3/q-1. The van der Waals surface area contributed by atoms with Gasteiger partial charge in [-0.05, 0) is 48.0 Å². The zero-order chi connectivity index (χ0) is 15.7. The van der Waals surface area contributed by atoms with E-state index in [4.69, 9.17) is 0 Å². The van der Waals surface area contributed by atoms with Gasteiger partial charge < -0.3 is 20.5 Å². The molecule has 4 heteroatoms. The molecule has 112 valence electrons. The number of hydrogen-bond acceptors (Lipinski definition) is 4. The van der Waals surface area contributed by atoms with Crippen molar-refractivity contribution in [3.63, 3.8) is 0 Å². The van der Waals surface area contributed by atoms with Crippen molar-refractivity contribution in [2.24, 2.45) is 0 Å². The van der Waals surface area contributed by atoms with Crippen molar-refractivity contribution in [2.45, 2.75) is 18.4 Å². The molecule has 2 aliphatic rings. The molecule has 0 amide bonds. The van der Waals surface area contributed by atoms with Gasteiger partial charge in [0.25, 0.3) is 0 Å². The maximum absolute atomic E-state index is 12.0. The fraction of sp³-hybridized carbons (Fsp3) is 0.222. The average Bonchev–Trinajstić information content (AvgIpc) is 2.74. The average molecular weight is 294 g/mol. The van der Waals surface area contributed by atoms with Crippen molar-refractivity contribution >= 4 is 0 Å². The predicted molar refractivity (Wildman–Crippen MR) is 85.1 cm³/mol. The quantitative estimate of drug-likeness (QED) is 0.500. The van der Waals surface area contributed by atoms with Gasteiger partial charge in [0.05, 0.1) is 0 Å². The summed E-state index contributed by atoms with van der Waals surface area (Å²) in [5, 5.41) is 32.2. The number of benzene rings is 1. The molecule has 2 unspecified atom stereocenters. The highest BCUT2D eigenvalue weighted by molar-refractivity contribution is 5.53. The number of phenolic OH excluding ortho intramolecular Hbond substituents is 2. The van der Waals surface area contributed by atoms with Crippen LogP contribution in [-0.2, 0) is 0 Å². The lowest BCUT2D eigenvalue weighted by Gasteiger charge is -2.40. The maximum atomic E-state index is 12.0. The van der Waals surface area contributed by atoms with Crippen molar-refractivity contribution in [2.75, 3.05) is 7.05 Å². The Morgan fingerprint density at radius 2 is 2.05 bits per heavy atom. The first-order chi connectivity index (χ1) is 10.6. The van der Waals surface area contributed by atoms with Gasteiger partial charge in [0.15, 0.2) is 11.5 Å². The molecule has 0 aromatic heterocycles. The van der Waals surface area contributed by atoms with E-state index in [9.17, 15) is 15.4 Å². The summed E-state index contributed by atoms with van der Waals surface area (Å²) in [6.45, 7) is 0. The minimum absolute atomic E-state index is 0.170. The Hall–Kier alpha value is -2.48. The summed E-state index contributed by atoms with van der Waals surface area (Å²) in [7, 11) is 1.49. The van der Waals surface area contributed by atoms with Gasteiger partial charge in [-0.25, -0.2) is 0 Å². The number of aromatic hydroxyl groups is 2. The Bertz CT molecular complexity index is 747. The number of allylic oxidation sites excluding steroid dienone is 4. The minimum Gasteiger partial charge on any atom is -0.785 e. The Morgan fingerprint density at radius 1 is 1.23 bits per heavy atom. The number of likely N-dealkylation sites (N-methyl/N-ethyl adjacent to an activating group) is 1. The summed E-state index contributed by atoms with van der Waals surface area (Å²) >= 11 is 0. The van der Waals surface area contributed by atoms with E-state index in [-0.39, 0.29) is 23.5 Å². The van der Waals surface area contributed by atoms with Crippen molar-refractivity contribution in [3.05, 3.63) is 64.4 Å². The molecule has 0 saturated heterocycles. The SMILES string of the molecule is CN([O-])C1C=CC2=C(CC#CC=C2)C1c1ccc(O)c(O)c1. The maximum Gasteiger partial charge on any atom is 0.157 e. The summed E-state index contributed by atoms with van der Waals surface area (Å²) in [6.07, 6.45) is 8.13. The van der Waals surface area contributed by atoms with E-state index in [1.807, 2.05) is 18.2 Å². The Morgan fingerprint density at radius 3 is 2.77 bits per heavy atom. The highest BCUT2D eigenvalue weighted by Crippen LogP contribution is 2.41. The molecule has 1 aromatic rings. The normalized spacial score (nSPS) is 23.0. The van der Waals surface area contributed by atoms with Crippen molar-refractivity contribution in [1.29, 1.82) is 0 Å². The van der Waals surface area contributed by atoms with Gasteiger partial charge in [0, 0.05) is 18.4 Å². The summed E-state index contributed by atoms with van der Waals surface area (Å²) < 4.78 is 0. The van der Waals surface area contributed by atoms with Crippen LogP contribution in [-0.4, -0.2) is 28.4 Å². The smallest absolute Gasteiger partial charge is 0.157 e. The third kappa shape index (κ3) is 2.52. The van der Waals surface area contributed by atoms with Gasteiger partial charge in [-0.2, -0.15) is 0 Å². The fourth-order valence-corrected chi connectivity index (χ4v) is 2.98. The zero-order valence-corrected chi connectivity index (χ0v) is 12.2. The largest absolute Gasteiger partial charge is 0.785 e. The first-order valence-corrected chi connectivity index (χ1v) is 7.06. The fourth-order valence-electron chi connectivity index (χ4n) is 2.98. The monoisotopic (exact) mass is 294 g/mol. The van der Waals surface area contributed by atoms with E-state index >= 15 is 0 Å². The molecule has 0 aliphatic heterocycles. The molecular weight excluding hydrogens is 278 g/mol. The molecule has 0 fully saturated rings. The number of phenols is 2. The number of hydrogen-bond donors (Lipinski definition) is 2. The summed E-state index contributed by atoms with van der Waals surface area (Å²) in [4.78, 5) is 0. The second-order valence-electron chi connectivity index (χ2n) is 5.43. The molecule has 4 nitrogen and oxygen atoms in total. The van der Waals surface area contributed by atoms with Crippen LogP contribution in [0.2, 0.25) is 0 Å². The van der Waals surface area contributed by atoms with Crippen LogP contribution in [0, 0.1) is 17.0 Å². The lowest BCUT2D eigenvalue weighted by atomic mass is 9.77. The molecule has 1 aromatic carbocycles. The third-order valence-corrected chi connectivity index (χ3v) is 4.07. The number of rotatable bonds is 2. The van der Waals surface area contributed by atoms with E-state index in [1.165, 1.54) is 19.2 Å². The molecule has 0 saturated carbocycles. The van der Waals surface area contributed by atoms with Crippen molar-refractivity contribution in [1.82, 2.24) is 5.06 Å². The van der Waals surface area contributed by atoms with Crippen LogP contribution < -0.4 is 0 Å². The first kappa shape index (κ1) is 14.5. The first-order valence-electron chi connectivity index (χ1n) is 7.06. The van der Waals surface area contributed by atoms with Crippen LogP contribution >= 0.6 is 0 Å². The van der Waals surface area contributed by atoms with Crippen molar-refractivity contribution in [3.8, 4) is 23.3 Å². The molecule has 3 rings (SSSR count). The van der Waals surface area contributed by atoms with Gasteiger partial charge in [-0.1, -0.05) is 30.1 Å². The topological polar surface area (TPSA) is 66.8 Å². The number of nitrogens with zero attached hydrogens (tertiary/aromatic N) is 1. The van der Waals surface area contributed by atoms with Crippen LogP contribution in [0.5, 0.6) is 11.5 Å². The third-order valence-electron chi connectivity index (χ3n) is 4.07. The lowest BCUT2D eigenvalue weighted by molar-refractivity contribution is 0.348. The van der Waals surface area contributed by atoms with Gasteiger partial charge in [0.2, 0.25) is 0 Å². The van der Waals surface area contributed by atoms with E-state index in [2.05, 4.69) is 11.8 Å². The Labute approximate surface area is 129 Å². The van der Waals surface area contributed by atoms with Gasteiger partial charge >= 0.3 is 0 Å². The van der Waals surface area contributed by atoms with Crippen LogP contribution in [0.1, 0.15) is 17.9 Å². The van der Waals surface area contributed by atoms with Gasteiger partial charge in [-0.3, -0.25) is 0 Å². The Balaban J connectivity index is 2.12. The van der Waals surface area contributed by atoms with Crippen LogP contribution in [0.4, 0.5) is 0 Å². The van der Waals surface area contributed by atoms with Crippen LogP contribution in [0.15, 0.2) is 53.6 Å². The van der Waals surface area contributed by atoms with Gasteiger partial charge in [0.1, 0.15) is 0 Å². The highest BCUT2D eigenvalue weighted by Gasteiger charge is 2.29. The van der Waals surface area contributed by atoms with Crippen LogP contribution in [0.3, 0.4) is 0 Å². The lowest BCUT2D eigenvalue weighted by Crippen LogP contribution is -2.34. The Kier molecular flexibility index (Phi) is 3.76. The molecule has 2 atom stereocenters. The van der Waals surface area contributed by atoms with Crippen LogP contribution in [0.25, 0.3) is 0 Å². The minimum atomic E-state index is -0.365. The molecule has 0 bridgehead atoms. The zero-order valence-electron chi connectivity index (χ0n) is 12.2. The second kappa shape index (κ2) is 5.72. The summed E-state index contributed by atoms with van der Waals surface area (Å²) in [5.74, 6) is 5.47. The van der Waals surface area contributed by atoms with E-state index in [1.54, 1.807) is 12.1 Å². The summed E-state index contributed by atoms with van der Waals surface area (Å²) in [6, 6.07) is 4.34. The predicted octanol–water partition coefficient (Wildman–Crippen LogP) is 2.81. The number of hydroxylamine groups is 2. The van der Waals surface area contributed by atoms with E-state index < -0.39 is 0 Å². The second-order valence-corrected chi connectivity index (χ2v) is 5.43. The molecule has 0 heterocycles. The molecule has 2 N–H and O–H groups in total. The van der Waals surface area contributed by atoms with Crippen molar-refractivity contribution < 1.29 is 10.2 Å². The van der Waals surface area contributed by atoms with E-state index in [0.717, 1.165) is 21.8 Å². The highest BCUT2D eigenvalue weighted by atomic mass is 16.5. The van der Waals surface area contributed by atoms with E-state index in [0.29, 0.717) is 6.42 Å². The van der Waals surface area contributed by atoms with Gasteiger partial charge in [-0.15, -0.1) is 0 Å². The molecule has 22 heavy (non-hydrogen) atoms. The molecule has 0 radical (unpaired) electrons.